The predicted octanol–water partition coefficient (Wildman–Crippen LogP) is 0.559. The van der Waals surface area contributed by atoms with E-state index in [1.807, 2.05) is 0 Å². The summed E-state index contributed by atoms with van der Waals surface area (Å²) >= 11 is 0. The summed E-state index contributed by atoms with van der Waals surface area (Å²) in [5.74, 6) is 0.389. The first-order valence-corrected chi connectivity index (χ1v) is 4.82. The summed E-state index contributed by atoms with van der Waals surface area (Å²) in [6, 6.07) is 0. The number of piperidine rings is 1. The van der Waals surface area contributed by atoms with Crippen molar-refractivity contribution in [3.05, 3.63) is 0 Å². The van der Waals surface area contributed by atoms with Gasteiger partial charge in [-0.05, 0) is 32.4 Å². The van der Waals surface area contributed by atoms with Gasteiger partial charge in [-0.25, -0.2) is 0 Å². The SMILES string of the molecule is Cl.OC1(C2CCOC2)CCNCC1. The first kappa shape index (κ1) is 11.2. The molecule has 4 heteroatoms. The van der Waals surface area contributed by atoms with Gasteiger partial charge in [-0.1, -0.05) is 0 Å². The van der Waals surface area contributed by atoms with E-state index in [9.17, 15) is 5.11 Å². The van der Waals surface area contributed by atoms with Crippen LogP contribution in [-0.2, 0) is 4.74 Å². The standard InChI is InChI=1S/C9H17NO2.ClH/c11-9(2-4-10-5-3-9)8-1-6-12-7-8;/h8,10-11H,1-7H2;1H. The lowest BCUT2D eigenvalue weighted by Crippen LogP contribution is -2.47. The van der Waals surface area contributed by atoms with Gasteiger partial charge < -0.3 is 15.2 Å². The third kappa shape index (κ3) is 2.34. The van der Waals surface area contributed by atoms with Gasteiger partial charge in [0.1, 0.15) is 0 Å². The van der Waals surface area contributed by atoms with Crippen LogP contribution >= 0.6 is 12.4 Å². The van der Waals surface area contributed by atoms with Crippen molar-refractivity contribution in [3.63, 3.8) is 0 Å². The van der Waals surface area contributed by atoms with Gasteiger partial charge in [-0.2, -0.15) is 0 Å². The molecule has 0 saturated carbocycles. The molecule has 78 valence electrons. The Labute approximate surface area is 85.3 Å². The molecule has 0 aliphatic carbocycles. The van der Waals surface area contributed by atoms with Crippen LogP contribution in [0, 0.1) is 5.92 Å². The maximum Gasteiger partial charge on any atom is 0.0722 e. The number of halogens is 1. The number of hydrogen-bond donors (Lipinski definition) is 2. The molecule has 2 saturated heterocycles. The molecule has 1 atom stereocenters. The van der Waals surface area contributed by atoms with Crippen molar-refractivity contribution in [1.82, 2.24) is 5.32 Å². The lowest BCUT2D eigenvalue weighted by molar-refractivity contribution is -0.0454. The largest absolute Gasteiger partial charge is 0.389 e. The monoisotopic (exact) mass is 207 g/mol. The molecule has 0 spiro atoms. The minimum absolute atomic E-state index is 0. The van der Waals surface area contributed by atoms with Crippen molar-refractivity contribution >= 4 is 12.4 Å². The number of nitrogens with one attached hydrogen (secondary N) is 1. The zero-order valence-electron chi connectivity index (χ0n) is 7.79. The summed E-state index contributed by atoms with van der Waals surface area (Å²) in [5.41, 5.74) is -0.429. The van der Waals surface area contributed by atoms with Crippen LogP contribution in [0.3, 0.4) is 0 Å². The quantitative estimate of drug-likeness (QED) is 0.660. The van der Waals surface area contributed by atoms with Crippen molar-refractivity contribution in [1.29, 1.82) is 0 Å². The zero-order valence-corrected chi connectivity index (χ0v) is 8.61. The molecule has 0 amide bonds. The van der Waals surface area contributed by atoms with Crippen LogP contribution in [0.2, 0.25) is 0 Å². The first-order valence-electron chi connectivity index (χ1n) is 4.82. The van der Waals surface area contributed by atoms with Gasteiger partial charge in [0.15, 0.2) is 0 Å². The second-order valence-electron chi connectivity index (χ2n) is 3.91. The molecule has 2 N–H and O–H groups in total. The third-order valence-electron chi connectivity index (χ3n) is 3.16. The fraction of sp³-hybridized carbons (Fsp3) is 1.00. The molecule has 0 aromatic rings. The van der Waals surface area contributed by atoms with Crippen LogP contribution in [0.15, 0.2) is 0 Å². The van der Waals surface area contributed by atoms with Crippen molar-refractivity contribution < 1.29 is 9.84 Å². The Hall–Kier alpha value is 0.170. The number of aliphatic hydroxyl groups is 1. The van der Waals surface area contributed by atoms with E-state index in [1.165, 1.54) is 0 Å². The molecule has 13 heavy (non-hydrogen) atoms. The minimum Gasteiger partial charge on any atom is -0.389 e. The average Bonchev–Trinajstić information content (AvgIpc) is 2.58. The second-order valence-corrected chi connectivity index (χ2v) is 3.91. The van der Waals surface area contributed by atoms with Gasteiger partial charge in [0.2, 0.25) is 0 Å². The Morgan fingerprint density at radius 3 is 2.54 bits per heavy atom. The Bertz CT molecular complexity index is 154. The van der Waals surface area contributed by atoms with Gasteiger partial charge in [0.05, 0.1) is 12.2 Å². The van der Waals surface area contributed by atoms with E-state index in [0.717, 1.165) is 45.6 Å². The molecular formula is C9H18ClNO2. The second kappa shape index (κ2) is 4.60. The van der Waals surface area contributed by atoms with Gasteiger partial charge >= 0.3 is 0 Å². The van der Waals surface area contributed by atoms with Crippen LogP contribution in [0.25, 0.3) is 0 Å². The van der Waals surface area contributed by atoms with Crippen molar-refractivity contribution in [2.24, 2.45) is 5.92 Å². The molecule has 2 heterocycles. The lowest BCUT2D eigenvalue weighted by Gasteiger charge is -2.36. The smallest absolute Gasteiger partial charge is 0.0722 e. The van der Waals surface area contributed by atoms with E-state index in [0.29, 0.717) is 5.92 Å². The number of rotatable bonds is 1. The van der Waals surface area contributed by atoms with Crippen molar-refractivity contribution in [2.45, 2.75) is 24.9 Å². The fourth-order valence-corrected chi connectivity index (χ4v) is 2.23. The van der Waals surface area contributed by atoms with Gasteiger partial charge in [0.25, 0.3) is 0 Å². The molecule has 2 aliphatic rings. The maximum absolute atomic E-state index is 10.3. The van der Waals surface area contributed by atoms with Gasteiger partial charge in [0, 0.05) is 12.5 Å². The molecule has 0 radical (unpaired) electrons. The normalized spacial score (nSPS) is 32.5. The molecule has 0 aromatic heterocycles. The van der Waals surface area contributed by atoms with E-state index in [2.05, 4.69) is 5.32 Å². The molecule has 2 rings (SSSR count). The number of ether oxygens (including phenoxy) is 1. The van der Waals surface area contributed by atoms with Crippen molar-refractivity contribution in [3.8, 4) is 0 Å². The fourth-order valence-electron chi connectivity index (χ4n) is 2.23. The first-order chi connectivity index (χ1) is 5.81. The highest BCUT2D eigenvalue weighted by Crippen LogP contribution is 2.32. The van der Waals surface area contributed by atoms with Crippen LogP contribution in [-0.4, -0.2) is 37.0 Å². The molecule has 2 fully saturated rings. The van der Waals surface area contributed by atoms with Gasteiger partial charge in [-0.3, -0.25) is 0 Å². The van der Waals surface area contributed by atoms with E-state index in [4.69, 9.17) is 4.74 Å². The summed E-state index contributed by atoms with van der Waals surface area (Å²) in [6.07, 6.45) is 2.82. The van der Waals surface area contributed by atoms with Crippen LogP contribution in [0.1, 0.15) is 19.3 Å². The maximum atomic E-state index is 10.3. The topological polar surface area (TPSA) is 41.5 Å². The molecular weight excluding hydrogens is 190 g/mol. The highest BCUT2D eigenvalue weighted by Gasteiger charge is 2.39. The molecule has 0 aromatic carbocycles. The summed E-state index contributed by atoms with van der Waals surface area (Å²) < 4.78 is 5.30. The summed E-state index contributed by atoms with van der Waals surface area (Å²) in [7, 11) is 0. The van der Waals surface area contributed by atoms with Crippen LogP contribution < -0.4 is 5.32 Å². The average molecular weight is 208 g/mol. The van der Waals surface area contributed by atoms with Crippen LogP contribution in [0.5, 0.6) is 0 Å². The van der Waals surface area contributed by atoms with E-state index < -0.39 is 5.60 Å². The Kier molecular flexibility index (Phi) is 3.98. The highest BCUT2D eigenvalue weighted by molar-refractivity contribution is 5.85. The lowest BCUT2D eigenvalue weighted by atomic mass is 9.80. The third-order valence-corrected chi connectivity index (χ3v) is 3.16. The predicted molar refractivity (Wildman–Crippen MR) is 53.2 cm³/mol. The minimum atomic E-state index is -0.429. The van der Waals surface area contributed by atoms with Crippen LogP contribution in [0.4, 0.5) is 0 Å². The summed E-state index contributed by atoms with van der Waals surface area (Å²) in [5, 5.41) is 13.5. The molecule has 3 nitrogen and oxygen atoms in total. The Balaban J connectivity index is 0.000000845. The van der Waals surface area contributed by atoms with Gasteiger partial charge in [-0.15, -0.1) is 12.4 Å². The Morgan fingerprint density at radius 1 is 1.31 bits per heavy atom. The summed E-state index contributed by atoms with van der Waals surface area (Å²) in [4.78, 5) is 0. The number of hydrogen-bond acceptors (Lipinski definition) is 3. The molecule has 0 bridgehead atoms. The summed E-state index contributed by atoms with van der Waals surface area (Å²) in [6.45, 7) is 3.50. The zero-order chi connectivity index (χ0) is 8.44. The van der Waals surface area contributed by atoms with E-state index >= 15 is 0 Å². The van der Waals surface area contributed by atoms with E-state index in [1.54, 1.807) is 0 Å². The Morgan fingerprint density at radius 2 is 2.00 bits per heavy atom. The highest BCUT2D eigenvalue weighted by atomic mass is 35.5. The molecule has 1 unspecified atom stereocenters. The molecule has 2 aliphatic heterocycles. The van der Waals surface area contributed by atoms with Crippen molar-refractivity contribution in [2.75, 3.05) is 26.3 Å². The van der Waals surface area contributed by atoms with E-state index in [-0.39, 0.29) is 12.4 Å².